The van der Waals surface area contributed by atoms with E-state index in [9.17, 15) is 9.59 Å². The predicted molar refractivity (Wildman–Crippen MR) is 153 cm³/mol. The van der Waals surface area contributed by atoms with Crippen LogP contribution in [0.5, 0.6) is 0 Å². The molecule has 6 aromatic rings. The highest BCUT2D eigenvalue weighted by Gasteiger charge is 2.16. The van der Waals surface area contributed by atoms with Crippen molar-refractivity contribution in [3.63, 3.8) is 0 Å². The van der Waals surface area contributed by atoms with Gasteiger partial charge in [-0.3, -0.25) is 18.7 Å². The lowest BCUT2D eigenvalue weighted by Gasteiger charge is -2.10. The molecular formula is C29H24N4O2S2. The maximum absolute atomic E-state index is 13.5. The molecule has 0 aliphatic heterocycles. The number of hydrogen-bond acceptors (Lipinski definition) is 6. The van der Waals surface area contributed by atoms with Gasteiger partial charge in [-0.25, -0.2) is 9.97 Å². The van der Waals surface area contributed by atoms with Crippen molar-refractivity contribution in [3.05, 3.63) is 103 Å². The molecule has 0 spiro atoms. The van der Waals surface area contributed by atoms with Gasteiger partial charge in [0.15, 0.2) is 0 Å². The third-order valence-electron chi connectivity index (χ3n) is 6.74. The number of hydrogen-bond donors (Lipinski definition) is 0. The fourth-order valence-electron chi connectivity index (χ4n) is 4.73. The Labute approximate surface area is 221 Å². The highest BCUT2D eigenvalue weighted by molar-refractivity contribution is 7.17. The van der Waals surface area contributed by atoms with Crippen molar-refractivity contribution in [2.45, 2.75) is 33.9 Å². The summed E-state index contributed by atoms with van der Waals surface area (Å²) in [6, 6.07) is 14.4. The van der Waals surface area contributed by atoms with Crippen molar-refractivity contribution in [1.82, 2.24) is 19.1 Å². The van der Waals surface area contributed by atoms with Gasteiger partial charge in [0, 0.05) is 35.0 Å². The van der Waals surface area contributed by atoms with Gasteiger partial charge in [-0.2, -0.15) is 0 Å². The fraction of sp³-hybridized carbons (Fsp3) is 0.172. The summed E-state index contributed by atoms with van der Waals surface area (Å²) in [6.07, 6.45) is 3.15. The van der Waals surface area contributed by atoms with Crippen LogP contribution in [0, 0.1) is 20.8 Å². The summed E-state index contributed by atoms with van der Waals surface area (Å²) in [5.41, 5.74) is 7.12. The molecule has 8 heteroatoms. The van der Waals surface area contributed by atoms with Crippen LogP contribution in [0.25, 0.3) is 42.7 Å². The molecule has 0 atom stereocenters. The van der Waals surface area contributed by atoms with E-state index in [0.717, 1.165) is 32.6 Å². The highest BCUT2D eigenvalue weighted by atomic mass is 32.1. The molecule has 0 fully saturated rings. The molecule has 0 bridgehead atoms. The summed E-state index contributed by atoms with van der Waals surface area (Å²) in [5, 5.41) is 5.24. The minimum Gasteiger partial charge on any atom is -0.297 e. The van der Waals surface area contributed by atoms with Crippen molar-refractivity contribution in [3.8, 4) is 22.3 Å². The third kappa shape index (κ3) is 4.12. The molecule has 0 N–H and O–H groups in total. The van der Waals surface area contributed by atoms with E-state index < -0.39 is 0 Å². The minimum absolute atomic E-state index is 0.0980. The summed E-state index contributed by atoms with van der Waals surface area (Å²) < 4.78 is 3.18. The molecule has 6 nitrogen and oxygen atoms in total. The summed E-state index contributed by atoms with van der Waals surface area (Å²) >= 11 is 2.94. The molecule has 0 amide bonds. The number of benzene rings is 2. The van der Waals surface area contributed by atoms with E-state index in [2.05, 4.69) is 42.0 Å². The Morgan fingerprint density at radius 2 is 1.22 bits per heavy atom. The molecule has 37 heavy (non-hydrogen) atoms. The molecule has 0 aliphatic carbocycles. The first-order valence-electron chi connectivity index (χ1n) is 12.0. The van der Waals surface area contributed by atoms with E-state index in [0.29, 0.717) is 28.7 Å². The van der Waals surface area contributed by atoms with E-state index in [4.69, 9.17) is 0 Å². The van der Waals surface area contributed by atoms with Crippen molar-refractivity contribution in [2.24, 2.45) is 0 Å². The summed E-state index contributed by atoms with van der Waals surface area (Å²) in [4.78, 5) is 37.5. The molecule has 2 aromatic carbocycles. The average molecular weight is 525 g/mol. The lowest BCUT2D eigenvalue weighted by Crippen LogP contribution is -2.27. The van der Waals surface area contributed by atoms with E-state index in [1.165, 1.54) is 33.8 Å². The number of rotatable bonds is 5. The Kier molecular flexibility index (Phi) is 5.85. The van der Waals surface area contributed by atoms with Crippen LogP contribution in [0.15, 0.2) is 75.5 Å². The quantitative estimate of drug-likeness (QED) is 0.270. The first-order valence-corrected chi connectivity index (χ1v) is 13.7. The van der Waals surface area contributed by atoms with Crippen molar-refractivity contribution >= 4 is 43.1 Å². The van der Waals surface area contributed by atoms with E-state index in [1.807, 2.05) is 41.9 Å². The molecule has 0 unspecified atom stereocenters. The van der Waals surface area contributed by atoms with Gasteiger partial charge in [-0.15, -0.1) is 22.7 Å². The molecule has 4 heterocycles. The summed E-state index contributed by atoms with van der Waals surface area (Å²) in [5.74, 6) is 0. The second-order valence-electron chi connectivity index (χ2n) is 9.33. The highest BCUT2D eigenvalue weighted by Crippen LogP contribution is 2.33. The molecule has 0 aliphatic rings. The lowest BCUT2D eigenvalue weighted by molar-refractivity contribution is 0.547. The van der Waals surface area contributed by atoms with Gasteiger partial charge >= 0.3 is 0 Å². The van der Waals surface area contributed by atoms with Crippen LogP contribution in [0.3, 0.4) is 0 Å². The number of thiophene rings is 2. The molecule has 4 aromatic heterocycles. The van der Waals surface area contributed by atoms with Crippen molar-refractivity contribution in [1.29, 1.82) is 0 Å². The zero-order chi connectivity index (χ0) is 25.7. The Balaban J connectivity index is 1.36. The van der Waals surface area contributed by atoms with Crippen LogP contribution in [0.1, 0.15) is 16.7 Å². The van der Waals surface area contributed by atoms with Crippen LogP contribution < -0.4 is 11.1 Å². The molecule has 0 radical (unpaired) electrons. The first kappa shape index (κ1) is 23.5. The van der Waals surface area contributed by atoms with E-state index in [-0.39, 0.29) is 11.1 Å². The Bertz CT molecular complexity index is 1910. The molecule has 184 valence electrons. The molecular weight excluding hydrogens is 500 g/mol. The normalized spacial score (nSPS) is 11.5. The molecule has 0 saturated heterocycles. The fourth-order valence-corrected chi connectivity index (χ4v) is 6.53. The summed E-state index contributed by atoms with van der Waals surface area (Å²) in [7, 11) is 0. The van der Waals surface area contributed by atoms with Crippen molar-refractivity contribution < 1.29 is 0 Å². The van der Waals surface area contributed by atoms with E-state index >= 15 is 0 Å². The second-order valence-corrected chi connectivity index (χ2v) is 11.0. The average Bonchev–Trinajstić information content (AvgIpc) is 3.51. The lowest BCUT2D eigenvalue weighted by atomic mass is 9.99. The van der Waals surface area contributed by atoms with E-state index in [1.54, 1.807) is 21.8 Å². The summed E-state index contributed by atoms with van der Waals surface area (Å²) in [6.45, 7) is 6.80. The molecule has 6 rings (SSSR count). The number of aryl methyl sites for hydroxylation is 5. The minimum atomic E-state index is -0.101. The second kappa shape index (κ2) is 9.21. The van der Waals surface area contributed by atoms with Gasteiger partial charge in [0.1, 0.15) is 9.66 Å². The van der Waals surface area contributed by atoms with Gasteiger partial charge in [0.05, 0.1) is 23.4 Å². The zero-order valence-electron chi connectivity index (χ0n) is 20.7. The maximum atomic E-state index is 13.5. The predicted octanol–water partition coefficient (Wildman–Crippen LogP) is 6.19. The van der Waals surface area contributed by atoms with Crippen LogP contribution in [0.4, 0.5) is 0 Å². The van der Waals surface area contributed by atoms with Crippen LogP contribution in [-0.4, -0.2) is 19.1 Å². The van der Waals surface area contributed by atoms with Gasteiger partial charge in [0.25, 0.3) is 11.1 Å². The largest absolute Gasteiger partial charge is 0.297 e. The Morgan fingerprint density at radius 1 is 0.676 bits per heavy atom. The smallest absolute Gasteiger partial charge is 0.262 e. The monoisotopic (exact) mass is 524 g/mol. The van der Waals surface area contributed by atoms with Gasteiger partial charge in [-0.1, -0.05) is 53.6 Å². The van der Waals surface area contributed by atoms with Crippen LogP contribution in [0.2, 0.25) is 0 Å². The van der Waals surface area contributed by atoms with Gasteiger partial charge < -0.3 is 0 Å². The number of nitrogens with zero attached hydrogens (tertiary/aromatic N) is 4. The van der Waals surface area contributed by atoms with Gasteiger partial charge in [0.2, 0.25) is 0 Å². The standard InChI is InChI=1S/C29H24N4O2S2/c1-17-4-7-20(8-5-17)22-13-36-26-24(22)28(34)32(15-30-26)10-11-33-16-31-27-25(29(33)35)23(14-37-27)21-9-6-18(2)12-19(21)3/h4-9,12-16H,10-11H2,1-3H3. The zero-order valence-corrected chi connectivity index (χ0v) is 22.3. The number of fused-ring (bicyclic) bond motifs is 2. The Hall–Kier alpha value is -3.88. The van der Waals surface area contributed by atoms with Crippen LogP contribution >= 0.6 is 22.7 Å². The SMILES string of the molecule is Cc1ccc(-c2csc3ncn(CCn4cnc5scc(-c6ccc(C)cc6C)c5c4=O)c(=O)c23)cc1. The van der Waals surface area contributed by atoms with Crippen LogP contribution in [-0.2, 0) is 13.1 Å². The third-order valence-corrected chi connectivity index (χ3v) is 8.51. The first-order chi connectivity index (χ1) is 17.9. The molecule has 0 saturated carbocycles. The van der Waals surface area contributed by atoms with Crippen molar-refractivity contribution in [2.75, 3.05) is 0 Å². The maximum Gasteiger partial charge on any atom is 0.262 e. The Morgan fingerprint density at radius 3 is 1.81 bits per heavy atom. The number of aromatic nitrogens is 4. The van der Waals surface area contributed by atoms with Gasteiger partial charge in [-0.05, 0) is 37.5 Å². The topological polar surface area (TPSA) is 69.8 Å².